The first-order valence-corrected chi connectivity index (χ1v) is 5.59. The fourth-order valence-corrected chi connectivity index (χ4v) is 1.78. The predicted octanol–water partition coefficient (Wildman–Crippen LogP) is 1.43. The lowest BCUT2D eigenvalue weighted by atomic mass is 10.2. The van der Waals surface area contributed by atoms with Gasteiger partial charge in [-0.15, -0.1) is 0 Å². The summed E-state index contributed by atoms with van der Waals surface area (Å²) in [5.74, 6) is 0. The Kier molecular flexibility index (Phi) is 3.41. The van der Waals surface area contributed by atoms with E-state index in [1.165, 1.54) is 0 Å². The second kappa shape index (κ2) is 4.99. The normalized spacial score (nSPS) is 15.9. The van der Waals surface area contributed by atoms with E-state index in [1.54, 1.807) is 0 Å². The number of benzene rings is 1. The van der Waals surface area contributed by atoms with E-state index in [-0.39, 0.29) is 6.03 Å². The molecule has 1 saturated heterocycles. The second-order valence-corrected chi connectivity index (χ2v) is 3.98. The molecule has 0 atom stereocenters. The lowest BCUT2D eigenvalue weighted by molar-refractivity contribution is 0.204. The van der Waals surface area contributed by atoms with Gasteiger partial charge in [-0.2, -0.15) is 0 Å². The van der Waals surface area contributed by atoms with E-state index in [0.717, 1.165) is 37.4 Å². The zero-order valence-electron chi connectivity index (χ0n) is 9.49. The molecule has 0 saturated carbocycles. The van der Waals surface area contributed by atoms with Gasteiger partial charge in [0.25, 0.3) is 0 Å². The first-order chi connectivity index (χ1) is 7.77. The van der Waals surface area contributed by atoms with Gasteiger partial charge in [0.15, 0.2) is 0 Å². The fraction of sp³-hybridized carbons (Fsp3) is 0.417. The molecule has 0 aliphatic carbocycles. The molecule has 1 heterocycles. The third-order valence-corrected chi connectivity index (χ3v) is 2.79. The molecule has 2 N–H and O–H groups in total. The Bertz CT molecular complexity index is 372. The smallest absolute Gasteiger partial charge is 0.321 e. The standard InChI is InChI=1S/C12H17N3O/c1-10-4-2-3-5-11(10)14-12(16)15-8-6-13-7-9-15/h2-5,13H,6-9H2,1H3,(H,14,16). The maximum absolute atomic E-state index is 11.9. The van der Waals surface area contributed by atoms with Crippen molar-refractivity contribution < 1.29 is 4.79 Å². The van der Waals surface area contributed by atoms with Crippen LogP contribution in [0.3, 0.4) is 0 Å². The number of hydrogen-bond acceptors (Lipinski definition) is 2. The van der Waals surface area contributed by atoms with E-state index in [4.69, 9.17) is 0 Å². The monoisotopic (exact) mass is 219 g/mol. The highest BCUT2D eigenvalue weighted by Crippen LogP contribution is 2.13. The summed E-state index contributed by atoms with van der Waals surface area (Å²) in [5.41, 5.74) is 1.98. The first-order valence-electron chi connectivity index (χ1n) is 5.59. The van der Waals surface area contributed by atoms with Crippen molar-refractivity contribution in [1.82, 2.24) is 10.2 Å². The van der Waals surface area contributed by atoms with Crippen LogP contribution in [0.2, 0.25) is 0 Å². The molecule has 2 rings (SSSR count). The molecule has 86 valence electrons. The van der Waals surface area contributed by atoms with Gasteiger partial charge in [0, 0.05) is 31.9 Å². The summed E-state index contributed by atoms with van der Waals surface area (Å²) in [6.45, 7) is 5.30. The minimum Gasteiger partial charge on any atom is -0.322 e. The molecule has 0 bridgehead atoms. The van der Waals surface area contributed by atoms with E-state index >= 15 is 0 Å². The Labute approximate surface area is 95.6 Å². The number of hydrogen-bond donors (Lipinski definition) is 2. The molecule has 2 amide bonds. The highest BCUT2D eigenvalue weighted by atomic mass is 16.2. The molecule has 4 heteroatoms. The van der Waals surface area contributed by atoms with Gasteiger partial charge in [0.2, 0.25) is 0 Å². The average molecular weight is 219 g/mol. The topological polar surface area (TPSA) is 44.4 Å². The van der Waals surface area contributed by atoms with Gasteiger partial charge in [0.05, 0.1) is 0 Å². The lowest BCUT2D eigenvalue weighted by Gasteiger charge is -2.27. The third kappa shape index (κ3) is 2.52. The van der Waals surface area contributed by atoms with Crippen molar-refractivity contribution >= 4 is 11.7 Å². The van der Waals surface area contributed by atoms with E-state index in [9.17, 15) is 4.79 Å². The second-order valence-electron chi connectivity index (χ2n) is 3.98. The predicted molar refractivity (Wildman–Crippen MR) is 64.6 cm³/mol. The van der Waals surface area contributed by atoms with Crippen molar-refractivity contribution in [3.8, 4) is 0 Å². The molecule has 1 fully saturated rings. The van der Waals surface area contributed by atoms with Gasteiger partial charge in [-0.05, 0) is 18.6 Å². The number of nitrogens with zero attached hydrogens (tertiary/aromatic N) is 1. The summed E-state index contributed by atoms with van der Waals surface area (Å²) in [6.07, 6.45) is 0. The molecule has 0 aromatic heterocycles. The molecule has 1 aromatic carbocycles. The third-order valence-electron chi connectivity index (χ3n) is 2.79. The van der Waals surface area contributed by atoms with Gasteiger partial charge in [-0.25, -0.2) is 4.79 Å². The Morgan fingerprint density at radius 3 is 2.69 bits per heavy atom. The number of para-hydroxylation sites is 1. The van der Waals surface area contributed by atoms with Crippen LogP contribution >= 0.6 is 0 Å². The Hall–Kier alpha value is -1.55. The van der Waals surface area contributed by atoms with Gasteiger partial charge >= 0.3 is 6.03 Å². The largest absolute Gasteiger partial charge is 0.322 e. The summed E-state index contributed by atoms with van der Waals surface area (Å²) in [6, 6.07) is 7.81. The van der Waals surface area contributed by atoms with Crippen LogP contribution < -0.4 is 10.6 Å². The van der Waals surface area contributed by atoms with Crippen LogP contribution in [-0.4, -0.2) is 37.1 Å². The average Bonchev–Trinajstić information content (AvgIpc) is 2.33. The summed E-state index contributed by atoms with van der Waals surface area (Å²) in [7, 11) is 0. The number of aryl methyl sites for hydroxylation is 1. The Balaban J connectivity index is 1.99. The molecule has 1 aliphatic heterocycles. The molecule has 0 radical (unpaired) electrons. The van der Waals surface area contributed by atoms with Crippen LogP contribution in [0.15, 0.2) is 24.3 Å². The number of anilines is 1. The quantitative estimate of drug-likeness (QED) is 0.750. The van der Waals surface area contributed by atoms with Crippen LogP contribution in [0.25, 0.3) is 0 Å². The molecular weight excluding hydrogens is 202 g/mol. The van der Waals surface area contributed by atoms with Gasteiger partial charge in [0.1, 0.15) is 0 Å². The van der Waals surface area contributed by atoms with Crippen molar-refractivity contribution in [3.63, 3.8) is 0 Å². The molecular formula is C12H17N3O. The zero-order valence-corrected chi connectivity index (χ0v) is 9.49. The number of carbonyl (C=O) groups is 1. The SMILES string of the molecule is Cc1ccccc1NC(=O)N1CCNCC1. The van der Waals surface area contributed by atoms with Crippen LogP contribution in [0.4, 0.5) is 10.5 Å². The van der Waals surface area contributed by atoms with Crippen molar-refractivity contribution in [2.75, 3.05) is 31.5 Å². The van der Waals surface area contributed by atoms with Gasteiger partial charge < -0.3 is 15.5 Å². The van der Waals surface area contributed by atoms with Gasteiger partial charge in [-0.3, -0.25) is 0 Å². The molecule has 1 aliphatic rings. The first kappa shape index (κ1) is 11.0. The van der Waals surface area contributed by atoms with E-state index in [0.29, 0.717) is 0 Å². The summed E-state index contributed by atoms with van der Waals surface area (Å²) in [4.78, 5) is 13.7. The van der Waals surface area contributed by atoms with E-state index in [1.807, 2.05) is 36.1 Å². The van der Waals surface area contributed by atoms with Crippen LogP contribution in [0.5, 0.6) is 0 Å². The van der Waals surface area contributed by atoms with E-state index < -0.39 is 0 Å². The number of nitrogens with one attached hydrogen (secondary N) is 2. The number of rotatable bonds is 1. The van der Waals surface area contributed by atoms with Crippen molar-refractivity contribution in [2.45, 2.75) is 6.92 Å². The number of piperazine rings is 1. The van der Waals surface area contributed by atoms with Crippen molar-refractivity contribution in [1.29, 1.82) is 0 Å². The molecule has 4 nitrogen and oxygen atoms in total. The number of urea groups is 1. The maximum Gasteiger partial charge on any atom is 0.321 e. The summed E-state index contributed by atoms with van der Waals surface area (Å²) < 4.78 is 0. The highest BCUT2D eigenvalue weighted by molar-refractivity contribution is 5.90. The molecule has 16 heavy (non-hydrogen) atoms. The maximum atomic E-state index is 11.9. The minimum absolute atomic E-state index is 0.00389. The molecule has 0 unspecified atom stereocenters. The van der Waals surface area contributed by atoms with Crippen molar-refractivity contribution in [3.05, 3.63) is 29.8 Å². The van der Waals surface area contributed by atoms with Crippen molar-refractivity contribution in [2.24, 2.45) is 0 Å². The highest BCUT2D eigenvalue weighted by Gasteiger charge is 2.16. The number of amides is 2. The van der Waals surface area contributed by atoms with E-state index in [2.05, 4.69) is 10.6 Å². The zero-order chi connectivity index (χ0) is 11.4. The molecule has 1 aromatic rings. The fourth-order valence-electron chi connectivity index (χ4n) is 1.78. The van der Waals surface area contributed by atoms with Crippen LogP contribution in [0.1, 0.15) is 5.56 Å². The van der Waals surface area contributed by atoms with Crippen LogP contribution in [-0.2, 0) is 0 Å². The summed E-state index contributed by atoms with van der Waals surface area (Å²) in [5, 5.41) is 6.16. The Morgan fingerprint density at radius 1 is 1.31 bits per heavy atom. The number of carbonyl (C=O) groups excluding carboxylic acids is 1. The van der Waals surface area contributed by atoms with Gasteiger partial charge in [-0.1, -0.05) is 18.2 Å². The van der Waals surface area contributed by atoms with Crippen LogP contribution in [0, 0.1) is 6.92 Å². The molecule has 0 spiro atoms. The lowest BCUT2D eigenvalue weighted by Crippen LogP contribution is -2.48. The summed E-state index contributed by atoms with van der Waals surface area (Å²) >= 11 is 0. The minimum atomic E-state index is -0.00389. The Morgan fingerprint density at radius 2 is 2.00 bits per heavy atom.